The van der Waals surface area contributed by atoms with Crippen LogP contribution >= 0.6 is 0 Å². The monoisotopic (exact) mass is 178 g/mol. The quantitative estimate of drug-likeness (QED) is 0.512. The minimum Gasteiger partial charge on any atom is -0.456 e. The fourth-order valence-corrected chi connectivity index (χ4v) is 0.776. The van der Waals surface area contributed by atoms with Gasteiger partial charge in [-0.2, -0.15) is 0 Å². The second kappa shape index (κ2) is 4.35. The predicted octanol–water partition coefficient (Wildman–Crippen LogP) is 1.01. The molecule has 4 heteroatoms. The van der Waals surface area contributed by atoms with Gasteiger partial charge in [0.25, 0.3) is 0 Å². The lowest BCUT2D eigenvalue weighted by Gasteiger charge is -2.02. The highest BCUT2D eigenvalue weighted by atomic mass is 16.5. The summed E-state index contributed by atoms with van der Waals surface area (Å²) < 4.78 is 4.80. The maximum Gasteiger partial charge on any atom is 0.330 e. The van der Waals surface area contributed by atoms with E-state index in [9.17, 15) is 4.79 Å². The van der Waals surface area contributed by atoms with E-state index >= 15 is 0 Å². The first-order chi connectivity index (χ1) is 6.24. The van der Waals surface area contributed by atoms with E-state index in [1.165, 1.54) is 0 Å². The smallest absolute Gasteiger partial charge is 0.330 e. The third-order valence-electron chi connectivity index (χ3n) is 1.50. The lowest BCUT2D eigenvalue weighted by Crippen LogP contribution is -2.04. The van der Waals surface area contributed by atoms with Gasteiger partial charge in [-0.3, -0.25) is 9.97 Å². The van der Waals surface area contributed by atoms with Crippen molar-refractivity contribution in [2.24, 2.45) is 0 Å². The first kappa shape index (κ1) is 9.38. The van der Waals surface area contributed by atoms with Gasteiger partial charge >= 0.3 is 5.97 Å². The Bertz CT molecular complexity index is 323. The zero-order chi connectivity index (χ0) is 9.68. The van der Waals surface area contributed by atoms with Crippen molar-refractivity contribution in [2.75, 3.05) is 0 Å². The van der Waals surface area contributed by atoms with Crippen molar-refractivity contribution in [1.82, 2.24) is 9.97 Å². The number of esters is 1. The number of hydrogen-bond donors (Lipinski definition) is 0. The first-order valence-corrected chi connectivity index (χ1v) is 3.79. The Morgan fingerprint density at radius 3 is 2.92 bits per heavy atom. The molecule has 1 aromatic rings. The standard InChI is InChI=1S/C9H10N2O2/c1-3-9(12)13-6-8-7(2)10-4-5-11-8/h3-5H,1,6H2,2H3. The lowest BCUT2D eigenvalue weighted by molar-refractivity contribution is -0.139. The Kier molecular flexibility index (Phi) is 3.14. The van der Waals surface area contributed by atoms with Crippen molar-refractivity contribution >= 4 is 5.97 Å². The number of hydrogen-bond acceptors (Lipinski definition) is 4. The van der Waals surface area contributed by atoms with Gasteiger partial charge < -0.3 is 4.74 Å². The van der Waals surface area contributed by atoms with E-state index in [2.05, 4.69) is 16.5 Å². The molecule has 1 heterocycles. The van der Waals surface area contributed by atoms with Crippen LogP contribution in [-0.2, 0) is 16.1 Å². The zero-order valence-corrected chi connectivity index (χ0v) is 7.36. The number of aromatic nitrogens is 2. The molecule has 1 rings (SSSR count). The van der Waals surface area contributed by atoms with E-state index in [0.717, 1.165) is 11.8 Å². The van der Waals surface area contributed by atoms with E-state index in [0.29, 0.717) is 5.69 Å². The van der Waals surface area contributed by atoms with Crippen LogP contribution < -0.4 is 0 Å². The molecule has 0 spiro atoms. The van der Waals surface area contributed by atoms with Gasteiger partial charge in [-0.05, 0) is 6.92 Å². The molecular weight excluding hydrogens is 168 g/mol. The van der Waals surface area contributed by atoms with Gasteiger partial charge in [0.15, 0.2) is 0 Å². The van der Waals surface area contributed by atoms with E-state index < -0.39 is 5.97 Å². The van der Waals surface area contributed by atoms with Gasteiger partial charge in [-0.1, -0.05) is 6.58 Å². The third-order valence-corrected chi connectivity index (χ3v) is 1.50. The molecule has 13 heavy (non-hydrogen) atoms. The second-order valence-electron chi connectivity index (χ2n) is 2.40. The van der Waals surface area contributed by atoms with Gasteiger partial charge in [0.2, 0.25) is 0 Å². The summed E-state index contributed by atoms with van der Waals surface area (Å²) in [5, 5.41) is 0. The van der Waals surface area contributed by atoms with Crippen molar-refractivity contribution in [3.63, 3.8) is 0 Å². The summed E-state index contributed by atoms with van der Waals surface area (Å²) in [6, 6.07) is 0. The normalized spacial score (nSPS) is 9.31. The second-order valence-corrected chi connectivity index (χ2v) is 2.40. The molecule has 0 atom stereocenters. The van der Waals surface area contributed by atoms with Crippen LogP contribution in [-0.4, -0.2) is 15.9 Å². The average molecular weight is 178 g/mol. The van der Waals surface area contributed by atoms with Crippen molar-refractivity contribution in [2.45, 2.75) is 13.5 Å². The van der Waals surface area contributed by atoms with Crippen molar-refractivity contribution in [3.8, 4) is 0 Å². The number of carbonyl (C=O) groups is 1. The fourth-order valence-electron chi connectivity index (χ4n) is 0.776. The molecule has 0 aliphatic carbocycles. The molecule has 0 N–H and O–H groups in total. The lowest BCUT2D eigenvalue weighted by atomic mass is 10.3. The summed E-state index contributed by atoms with van der Waals surface area (Å²) in [7, 11) is 0. The van der Waals surface area contributed by atoms with E-state index in [4.69, 9.17) is 4.74 Å². The van der Waals surface area contributed by atoms with Crippen molar-refractivity contribution in [1.29, 1.82) is 0 Å². The number of rotatable bonds is 3. The molecule has 0 fully saturated rings. The van der Waals surface area contributed by atoms with Crippen molar-refractivity contribution < 1.29 is 9.53 Å². The first-order valence-electron chi connectivity index (χ1n) is 3.79. The Morgan fingerprint density at radius 1 is 1.62 bits per heavy atom. The van der Waals surface area contributed by atoms with Crippen LogP contribution in [0.5, 0.6) is 0 Å². The highest BCUT2D eigenvalue weighted by Crippen LogP contribution is 2.01. The highest BCUT2D eigenvalue weighted by Gasteiger charge is 2.02. The number of carbonyl (C=O) groups excluding carboxylic acids is 1. The van der Waals surface area contributed by atoms with Crippen LogP contribution in [0, 0.1) is 6.92 Å². The molecule has 0 aliphatic rings. The van der Waals surface area contributed by atoms with Gasteiger partial charge in [0.05, 0.1) is 11.4 Å². The van der Waals surface area contributed by atoms with Crippen LogP contribution in [0.1, 0.15) is 11.4 Å². The van der Waals surface area contributed by atoms with Gasteiger partial charge in [0.1, 0.15) is 6.61 Å². The maximum atomic E-state index is 10.7. The summed E-state index contributed by atoms with van der Waals surface area (Å²) in [6.45, 7) is 5.24. The van der Waals surface area contributed by atoms with Crippen LogP contribution in [0.15, 0.2) is 25.0 Å². The van der Waals surface area contributed by atoms with Gasteiger partial charge in [0, 0.05) is 18.5 Å². The Balaban J connectivity index is 2.59. The molecule has 4 nitrogen and oxygen atoms in total. The molecule has 0 saturated heterocycles. The molecule has 0 aromatic carbocycles. The average Bonchev–Trinajstić information content (AvgIpc) is 2.16. The number of nitrogens with zero attached hydrogens (tertiary/aromatic N) is 2. The fraction of sp³-hybridized carbons (Fsp3) is 0.222. The molecule has 0 saturated carbocycles. The van der Waals surface area contributed by atoms with Crippen molar-refractivity contribution in [3.05, 3.63) is 36.4 Å². The van der Waals surface area contributed by atoms with E-state index in [1.807, 2.05) is 6.92 Å². The van der Waals surface area contributed by atoms with Gasteiger partial charge in [-0.15, -0.1) is 0 Å². The largest absolute Gasteiger partial charge is 0.456 e. The highest BCUT2D eigenvalue weighted by molar-refractivity contribution is 5.81. The molecule has 0 unspecified atom stereocenters. The zero-order valence-electron chi connectivity index (χ0n) is 7.36. The topological polar surface area (TPSA) is 52.1 Å². The molecule has 68 valence electrons. The Labute approximate surface area is 76.3 Å². The molecule has 0 amide bonds. The van der Waals surface area contributed by atoms with Crippen LogP contribution in [0.25, 0.3) is 0 Å². The Morgan fingerprint density at radius 2 is 2.31 bits per heavy atom. The predicted molar refractivity (Wildman–Crippen MR) is 46.8 cm³/mol. The Hall–Kier alpha value is -1.71. The maximum absolute atomic E-state index is 10.7. The SMILES string of the molecule is C=CC(=O)OCc1nccnc1C. The van der Waals surface area contributed by atoms with Crippen LogP contribution in [0.4, 0.5) is 0 Å². The summed E-state index contributed by atoms with van der Waals surface area (Å²) >= 11 is 0. The summed E-state index contributed by atoms with van der Waals surface area (Å²) in [4.78, 5) is 18.7. The summed E-state index contributed by atoms with van der Waals surface area (Å²) in [5.41, 5.74) is 1.43. The molecular formula is C9H10N2O2. The van der Waals surface area contributed by atoms with E-state index in [-0.39, 0.29) is 6.61 Å². The molecule has 0 aliphatic heterocycles. The molecule has 1 aromatic heterocycles. The third kappa shape index (κ3) is 2.66. The minimum atomic E-state index is -0.454. The number of aryl methyl sites for hydroxylation is 1. The molecule has 0 radical (unpaired) electrons. The number of ether oxygens (including phenoxy) is 1. The van der Waals surface area contributed by atoms with Gasteiger partial charge in [-0.25, -0.2) is 4.79 Å². The van der Waals surface area contributed by atoms with Crippen LogP contribution in [0.3, 0.4) is 0 Å². The summed E-state index contributed by atoms with van der Waals surface area (Å²) in [5.74, 6) is -0.454. The summed E-state index contributed by atoms with van der Waals surface area (Å²) in [6.07, 6.45) is 4.27. The van der Waals surface area contributed by atoms with Crippen LogP contribution in [0.2, 0.25) is 0 Å². The minimum absolute atomic E-state index is 0.143. The molecule has 0 bridgehead atoms. The van der Waals surface area contributed by atoms with E-state index in [1.54, 1.807) is 12.4 Å².